The lowest BCUT2D eigenvalue weighted by molar-refractivity contribution is 0.0895. The van der Waals surface area contributed by atoms with Gasteiger partial charge in [-0.15, -0.1) is 12.4 Å². The molecule has 112 valence electrons. The minimum Gasteiger partial charge on any atom is -0.396 e. The lowest BCUT2D eigenvalue weighted by Crippen LogP contribution is -2.31. The van der Waals surface area contributed by atoms with Gasteiger partial charge in [0.15, 0.2) is 5.78 Å². The molecular formula is C16H24ClNO2. The number of aliphatic hydroxyl groups is 1. The predicted molar refractivity (Wildman–Crippen MR) is 83.6 cm³/mol. The van der Waals surface area contributed by atoms with Gasteiger partial charge >= 0.3 is 0 Å². The van der Waals surface area contributed by atoms with E-state index in [1.807, 2.05) is 31.2 Å². The Bertz CT molecular complexity index is 413. The number of hydrogen-bond acceptors (Lipinski definition) is 3. The zero-order valence-corrected chi connectivity index (χ0v) is 12.8. The van der Waals surface area contributed by atoms with Crippen LogP contribution in [-0.2, 0) is 6.42 Å². The lowest BCUT2D eigenvalue weighted by atomic mass is 9.89. The van der Waals surface area contributed by atoms with Gasteiger partial charge in [-0.2, -0.15) is 0 Å². The molecule has 0 aromatic heterocycles. The Hall–Kier alpha value is -0.900. The Kier molecular flexibility index (Phi) is 7.20. The summed E-state index contributed by atoms with van der Waals surface area (Å²) in [5.41, 5.74) is 2.01. The third kappa shape index (κ3) is 4.58. The van der Waals surface area contributed by atoms with Crippen molar-refractivity contribution in [2.24, 2.45) is 11.8 Å². The Morgan fingerprint density at radius 2 is 1.90 bits per heavy atom. The lowest BCUT2D eigenvalue weighted by Gasteiger charge is -2.21. The van der Waals surface area contributed by atoms with E-state index in [-0.39, 0.29) is 36.6 Å². The van der Waals surface area contributed by atoms with Gasteiger partial charge in [0.05, 0.1) is 0 Å². The molecule has 0 saturated carbocycles. The van der Waals surface area contributed by atoms with Crippen molar-refractivity contribution >= 4 is 18.2 Å². The highest BCUT2D eigenvalue weighted by atomic mass is 35.5. The van der Waals surface area contributed by atoms with Crippen LogP contribution in [0.3, 0.4) is 0 Å². The number of piperidine rings is 1. The smallest absolute Gasteiger partial charge is 0.166 e. The van der Waals surface area contributed by atoms with Crippen LogP contribution in [-0.4, -0.2) is 30.6 Å². The molecule has 0 spiro atoms. The first-order valence-corrected chi connectivity index (χ1v) is 7.15. The van der Waals surface area contributed by atoms with E-state index in [0.717, 1.165) is 37.9 Å². The molecule has 1 unspecified atom stereocenters. The van der Waals surface area contributed by atoms with Crippen molar-refractivity contribution in [3.63, 3.8) is 0 Å². The van der Waals surface area contributed by atoms with Crippen molar-refractivity contribution in [3.8, 4) is 0 Å². The molecule has 3 nitrogen and oxygen atoms in total. The molecular weight excluding hydrogens is 274 g/mol. The highest BCUT2D eigenvalue weighted by molar-refractivity contribution is 5.97. The normalized spacial score (nSPS) is 17.3. The number of nitrogens with one attached hydrogen (secondary N) is 1. The molecule has 0 bridgehead atoms. The monoisotopic (exact) mass is 297 g/mol. The molecule has 2 rings (SSSR count). The van der Waals surface area contributed by atoms with Crippen molar-refractivity contribution in [2.45, 2.75) is 26.2 Å². The van der Waals surface area contributed by atoms with E-state index in [4.69, 9.17) is 5.11 Å². The predicted octanol–water partition coefficient (Wildman–Crippen LogP) is 2.46. The van der Waals surface area contributed by atoms with Crippen LogP contribution in [0, 0.1) is 11.8 Å². The summed E-state index contributed by atoms with van der Waals surface area (Å²) >= 11 is 0. The highest BCUT2D eigenvalue weighted by Crippen LogP contribution is 2.19. The first-order valence-electron chi connectivity index (χ1n) is 7.15. The van der Waals surface area contributed by atoms with Crippen molar-refractivity contribution < 1.29 is 9.90 Å². The Labute approximate surface area is 127 Å². The van der Waals surface area contributed by atoms with Gasteiger partial charge in [0.1, 0.15) is 0 Å². The van der Waals surface area contributed by atoms with Gasteiger partial charge in [0.25, 0.3) is 0 Å². The highest BCUT2D eigenvalue weighted by Gasteiger charge is 2.21. The third-order valence-corrected chi connectivity index (χ3v) is 3.84. The third-order valence-electron chi connectivity index (χ3n) is 3.84. The molecule has 1 aliphatic heterocycles. The number of Topliss-reactive ketones (excluding diaryl/α,β-unsaturated/α-hetero) is 1. The van der Waals surface area contributed by atoms with Gasteiger partial charge in [-0.05, 0) is 43.8 Å². The van der Waals surface area contributed by atoms with Crippen molar-refractivity contribution in [1.82, 2.24) is 5.32 Å². The molecule has 1 aromatic carbocycles. The second kappa shape index (κ2) is 8.40. The molecule has 0 radical (unpaired) electrons. The van der Waals surface area contributed by atoms with Gasteiger partial charge in [0, 0.05) is 18.1 Å². The molecule has 1 fully saturated rings. The number of aliphatic hydroxyl groups excluding tert-OH is 1. The number of carbonyl (C=O) groups excluding carboxylic acids is 1. The van der Waals surface area contributed by atoms with Crippen LogP contribution in [0.25, 0.3) is 0 Å². The van der Waals surface area contributed by atoms with Crippen LogP contribution in [0.1, 0.15) is 35.7 Å². The van der Waals surface area contributed by atoms with Crippen LogP contribution in [0.2, 0.25) is 0 Å². The van der Waals surface area contributed by atoms with E-state index in [1.54, 1.807) is 0 Å². The summed E-state index contributed by atoms with van der Waals surface area (Å²) in [5.74, 6) is 0.734. The number of hydrogen-bond donors (Lipinski definition) is 2. The van der Waals surface area contributed by atoms with E-state index in [1.165, 1.54) is 5.56 Å². The Balaban J connectivity index is 0.00000200. The average molecular weight is 298 g/mol. The summed E-state index contributed by atoms with van der Waals surface area (Å²) in [4.78, 5) is 12.3. The topological polar surface area (TPSA) is 49.3 Å². The summed E-state index contributed by atoms with van der Waals surface area (Å²) in [6, 6.07) is 7.90. The fourth-order valence-corrected chi connectivity index (χ4v) is 2.59. The van der Waals surface area contributed by atoms with Crippen LogP contribution in [0.15, 0.2) is 24.3 Å². The molecule has 20 heavy (non-hydrogen) atoms. The number of halogens is 1. The van der Waals surface area contributed by atoms with Gasteiger partial charge in [-0.1, -0.05) is 31.2 Å². The molecule has 1 heterocycles. The van der Waals surface area contributed by atoms with E-state index in [2.05, 4.69) is 5.32 Å². The number of ketones is 1. The minimum atomic E-state index is 0. The average Bonchev–Trinajstić information content (AvgIpc) is 2.48. The number of carbonyl (C=O) groups is 1. The van der Waals surface area contributed by atoms with E-state index < -0.39 is 0 Å². The van der Waals surface area contributed by atoms with Crippen molar-refractivity contribution in [1.29, 1.82) is 0 Å². The van der Waals surface area contributed by atoms with Crippen molar-refractivity contribution in [2.75, 3.05) is 19.7 Å². The minimum absolute atomic E-state index is 0. The van der Waals surface area contributed by atoms with Gasteiger partial charge in [-0.3, -0.25) is 4.79 Å². The molecule has 0 aliphatic carbocycles. The molecule has 2 N–H and O–H groups in total. The first-order chi connectivity index (χ1) is 9.20. The van der Waals surface area contributed by atoms with Gasteiger partial charge < -0.3 is 10.4 Å². The fraction of sp³-hybridized carbons (Fsp3) is 0.562. The maximum Gasteiger partial charge on any atom is 0.166 e. The van der Waals surface area contributed by atoms with Crippen LogP contribution in [0.4, 0.5) is 0 Å². The summed E-state index contributed by atoms with van der Waals surface area (Å²) < 4.78 is 0. The van der Waals surface area contributed by atoms with Crippen molar-refractivity contribution in [3.05, 3.63) is 35.4 Å². The zero-order chi connectivity index (χ0) is 13.7. The quantitative estimate of drug-likeness (QED) is 0.821. The maximum absolute atomic E-state index is 12.3. The fourth-order valence-electron chi connectivity index (χ4n) is 2.59. The number of rotatable bonds is 5. The molecule has 1 atom stereocenters. The molecule has 1 aromatic rings. The second-order valence-corrected chi connectivity index (χ2v) is 5.58. The summed E-state index contributed by atoms with van der Waals surface area (Å²) in [6.45, 7) is 4.12. The molecule has 4 heteroatoms. The summed E-state index contributed by atoms with van der Waals surface area (Å²) in [7, 11) is 0. The van der Waals surface area contributed by atoms with E-state index >= 15 is 0 Å². The summed E-state index contributed by atoms with van der Waals surface area (Å²) in [6.07, 6.45) is 2.75. The Morgan fingerprint density at radius 3 is 2.45 bits per heavy atom. The molecule has 0 amide bonds. The zero-order valence-electron chi connectivity index (χ0n) is 12.0. The van der Waals surface area contributed by atoms with Crippen LogP contribution < -0.4 is 5.32 Å². The first kappa shape index (κ1) is 17.2. The standard InChI is InChI=1S/C16H23NO2.ClH/c1-12(11-18)10-13-2-4-14(5-3-13)16(19)15-6-8-17-9-7-15;/h2-5,12,15,17-18H,6-11H2,1H3;1H. The Morgan fingerprint density at radius 1 is 1.30 bits per heavy atom. The molecule has 1 aliphatic rings. The van der Waals surface area contributed by atoms with Crippen LogP contribution >= 0.6 is 12.4 Å². The molecule has 1 saturated heterocycles. The van der Waals surface area contributed by atoms with Gasteiger partial charge in [-0.25, -0.2) is 0 Å². The van der Waals surface area contributed by atoms with E-state index in [0.29, 0.717) is 0 Å². The second-order valence-electron chi connectivity index (χ2n) is 5.58. The maximum atomic E-state index is 12.3. The SMILES string of the molecule is CC(CO)Cc1ccc(C(=O)C2CCNCC2)cc1.Cl. The number of benzene rings is 1. The van der Waals surface area contributed by atoms with E-state index in [9.17, 15) is 4.79 Å². The van der Waals surface area contributed by atoms with Gasteiger partial charge in [0.2, 0.25) is 0 Å². The largest absolute Gasteiger partial charge is 0.396 e. The van der Waals surface area contributed by atoms with Crippen LogP contribution in [0.5, 0.6) is 0 Å². The summed E-state index contributed by atoms with van der Waals surface area (Å²) in [5, 5.41) is 12.3.